The molecule has 1 aliphatic rings. The Kier molecular flexibility index (Phi) is 5.09. The lowest BCUT2D eigenvalue weighted by Crippen LogP contribution is -3.14. The molecule has 2 aromatic heterocycles. The molecule has 9 heteroatoms. The van der Waals surface area contributed by atoms with Gasteiger partial charge in [0, 0.05) is 6.20 Å². The molecule has 1 aliphatic heterocycles. The quantitative estimate of drug-likeness (QED) is 0.631. The van der Waals surface area contributed by atoms with Crippen molar-refractivity contribution >= 4 is 27.9 Å². The molecule has 7 nitrogen and oxygen atoms in total. The van der Waals surface area contributed by atoms with E-state index in [9.17, 15) is 8.42 Å². The minimum absolute atomic E-state index is 0.0562. The summed E-state index contributed by atoms with van der Waals surface area (Å²) in [7, 11) is -3.29. The van der Waals surface area contributed by atoms with Crippen LogP contribution >= 0.6 is 12.2 Å². The number of aromatic nitrogens is 3. The molecular formula is C18H22N5O2S2+. The third kappa shape index (κ3) is 3.96. The molecule has 142 valence electrons. The molecule has 3 aromatic rings. The van der Waals surface area contributed by atoms with Crippen LogP contribution in [-0.2, 0) is 22.4 Å². The second kappa shape index (κ2) is 7.51. The number of sulfonamides is 1. The maximum atomic E-state index is 12.7. The summed E-state index contributed by atoms with van der Waals surface area (Å²) in [6.07, 6.45) is 1.91. The van der Waals surface area contributed by atoms with Gasteiger partial charge in [-0.05, 0) is 29.9 Å². The van der Waals surface area contributed by atoms with Crippen LogP contribution in [0.4, 0.5) is 0 Å². The molecule has 4 rings (SSSR count). The maximum absolute atomic E-state index is 12.7. The highest BCUT2D eigenvalue weighted by Gasteiger charge is 2.29. The van der Waals surface area contributed by atoms with E-state index in [0.29, 0.717) is 24.5 Å². The summed E-state index contributed by atoms with van der Waals surface area (Å²) in [5.74, 6) is 0.0562. The van der Waals surface area contributed by atoms with Gasteiger partial charge >= 0.3 is 0 Å². The van der Waals surface area contributed by atoms with Crippen LogP contribution in [0, 0.1) is 4.77 Å². The SMILES string of the molecule is O=S(=O)(Cc1ccccc1)N1CC[NH+](Cn2nc3ccccn3c2=S)CC1. The summed E-state index contributed by atoms with van der Waals surface area (Å²) < 4.78 is 31.3. The molecule has 1 aromatic carbocycles. The first-order valence-corrected chi connectivity index (χ1v) is 10.9. The number of pyridine rings is 1. The van der Waals surface area contributed by atoms with Gasteiger partial charge in [0.15, 0.2) is 12.3 Å². The molecule has 0 unspecified atom stereocenters. The van der Waals surface area contributed by atoms with Gasteiger partial charge in [0.1, 0.15) is 0 Å². The molecule has 1 saturated heterocycles. The smallest absolute Gasteiger partial charge is 0.218 e. The van der Waals surface area contributed by atoms with Crippen molar-refractivity contribution in [2.75, 3.05) is 26.2 Å². The molecule has 27 heavy (non-hydrogen) atoms. The topological polar surface area (TPSA) is 64.0 Å². The fourth-order valence-electron chi connectivity index (χ4n) is 3.40. The van der Waals surface area contributed by atoms with Gasteiger partial charge in [-0.1, -0.05) is 36.4 Å². The average Bonchev–Trinajstić information content (AvgIpc) is 2.99. The predicted molar refractivity (Wildman–Crippen MR) is 105 cm³/mol. The van der Waals surface area contributed by atoms with Crippen molar-refractivity contribution in [3.8, 4) is 0 Å². The Bertz CT molecular complexity index is 1080. The van der Waals surface area contributed by atoms with Crippen molar-refractivity contribution in [3.05, 3.63) is 65.1 Å². The van der Waals surface area contributed by atoms with Crippen molar-refractivity contribution in [1.82, 2.24) is 18.5 Å². The van der Waals surface area contributed by atoms with E-state index < -0.39 is 10.0 Å². The first-order chi connectivity index (χ1) is 13.0. The van der Waals surface area contributed by atoms with Gasteiger partial charge in [-0.25, -0.2) is 8.42 Å². The molecule has 0 atom stereocenters. The average molecular weight is 405 g/mol. The monoisotopic (exact) mass is 404 g/mol. The Morgan fingerprint density at radius 3 is 2.44 bits per heavy atom. The van der Waals surface area contributed by atoms with E-state index in [1.54, 1.807) is 4.31 Å². The van der Waals surface area contributed by atoms with Crippen LogP contribution in [0.2, 0.25) is 0 Å². The van der Waals surface area contributed by atoms with E-state index in [4.69, 9.17) is 12.2 Å². The molecule has 3 heterocycles. The fourth-order valence-corrected chi connectivity index (χ4v) is 5.19. The highest BCUT2D eigenvalue weighted by Crippen LogP contribution is 2.10. The second-order valence-electron chi connectivity index (χ2n) is 6.76. The first-order valence-electron chi connectivity index (χ1n) is 8.92. The minimum atomic E-state index is -3.29. The number of fused-ring (bicyclic) bond motifs is 1. The zero-order valence-corrected chi connectivity index (χ0v) is 16.5. The van der Waals surface area contributed by atoms with Gasteiger partial charge < -0.3 is 4.90 Å². The predicted octanol–water partition coefficient (Wildman–Crippen LogP) is 0.553. The van der Waals surface area contributed by atoms with Gasteiger partial charge in [0.05, 0.1) is 31.9 Å². The molecule has 1 N–H and O–H groups in total. The standard InChI is InChI=1S/C18H21N5O2S2/c24-27(25,14-16-6-2-1-3-7-16)21-12-10-20(11-13-21)15-23-18(26)22-9-5-4-8-17(22)19-23/h1-9H,10-15H2/p+1. The third-order valence-corrected chi connectivity index (χ3v) is 7.13. The van der Waals surface area contributed by atoms with Crippen molar-refractivity contribution in [2.24, 2.45) is 0 Å². The van der Waals surface area contributed by atoms with E-state index in [2.05, 4.69) is 5.10 Å². The van der Waals surface area contributed by atoms with Crippen molar-refractivity contribution in [1.29, 1.82) is 0 Å². The Labute approximate surface area is 163 Å². The largest absolute Gasteiger partial charge is 0.314 e. The van der Waals surface area contributed by atoms with E-state index in [1.165, 1.54) is 4.90 Å². The molecule has 0 aliphatic carbocycles. The molecule has 0 spiro atoms. The van der Waals surface area contributed by atoms with E-state index in [-0.39, 0.29) is 5.75 Å². The van der Waals surface area contributed by atoms with Crippen LogP contribution in [0.3, 0.4) is 0 Å². The van der Waals surface area contributed by atoms with Crippen LogP contribution in [-0.4, -0.2) is 53.1 Å². The van der Waals surface area contributed by atoms with Crippen LogP contribution in [0.1, 0.15) is 5.56 Å². The number of nitrogens with one attached hydrogen (secondary N) is 1. The zero-order valence-electron chi connectivity index (χ0n) is 14.9. The molecule has 0 amide bonds. The van der Waals surface area contributed by atoms with Gasteiger partial charge in [0.25, 0.3) is 0 Å². The first kappa shape index (κ1) is 18.3. The molecule has 0 bridgehead atoms. The molecular weight excluding hydrogens is 382 g/mol. The van der Waals surface area contributed by atoms with E-state index in [1.807, 2.05) is 63.8 Å². The third-order valence-electron chi connectivity index (χ3n) is 4.88. The van der Waals surface area contributed by atoms with Gasteiger partial charge in [-0.15, -0.1) is 5.10 Å². The van der Waals surface area contributed by atoms with E-state index in [0.717, 1.165) is 24.3 Å². The van der Waals surface area contributed by atoms with E-state index >= 15 is 0 Å². The highest BCUT2D eigenvalue weighted by atomic mass is 32.2. The summed E-state index contributed by atoms with van der Waals surface area (Å²) in [6, 6.07) is 15.1. The fraction of sp³-hybridized carbons (Fsp3) is 0.333. The number of hydrogen-bond donors (Lipinski definition) is 1. The zero-order chi connectivity index (χ0) is 18.9. The number of piperazine rings is 1. The summed E-state index contributed by atoms with van der Waals surface area (Å²) >= 11 is 5.49. The van der Waals surface area contributed by atoms with Gasteiger partial charge in [0.2, 0.25) is 14.8 Å². The lowest BCUT2D eigenvalue weighted by atomic mass is 10.2. The van der Waals surface area contributed by atoms with Crippen molar-refractivity contribution in [3.63, 3.8) is 0 Å². The normalized spacial score (nSPS) is 16.7. The molecule has 0 saturated carbocycles. The van der Waals surface area contributed by atoms with Gasteiger partial charge in [-0.2, -0.15) is 8.99 Å². The lowest BCUT2D eigenvalue weighted by Gasteiger charge is -2.31. The summed E-state index contributed by atoms with van der Waals surface area (Å²) in [4.78, 5) is 1.28. The minimum Gasteiger partial charge on any atom is -0.314 e. The number of benzene rings is 1. The molecule has 1 fully saturated rings. The second-order valence-corrected chi connectivity index (χ2v) is 9.09. The Morgan fingerprint density at radius 2 is 1.74 bits per heavy atom. The molecule has 0 radical (unpaired) electrons. The lowest BCUT2D eigenvalue weighted by molar-refractivity contribution is -0.926. The Balaban J connectivity index is 1.40. The number of hydrogen-bond acceptors (Lipinski definition) is 4. The Morgan fingerprint density at radius 1 is 1.04 bits per heavy atom. The van der Waals surface area contributed by atoms with Crippen LogP contribution in [0.5, 0.6) is 0 Å². The number of rotatable bonds is 5. The van der Waals surface area contributed by atoms with Crippen molar-refractivity contribution in [2.45, 2.75) is 12.4 Å². The Hall–Kier alpha value is -2.07. The summed E-state index contributed by atoms with van der Waals surface area (Å²) in [5.41, 5.74) is 1.65. The number of quaternary nitrogens is 1. The number of nitrogens with zero attached hydrogens (tertiary/aromatic N) is 4. The van der Waals surface area contributed by atoms with Crippen LogP contribution < -0.4 is 4.90 Å². The summed E-state index contributed by atoms with van der Waals surface area (Å²) in [6.45, 7) is 3.16. The summed E-state index contributed by atoms with van der Waals surface area (Å²) in [5, 5.41) is 4.55. The highest BCUT2D eigenvalue weighted by molar-refractivity contribution is 7.88. The van der Waals surface area contributed by atoms with Crippen LogP contribution in [0.25, 0.3) is 5.65 Å². The maximum Gasteiger partial charge on any atom is 0.218 e. The van der Waals surface area contributed by atoms with Gasteiger partial charge in [-0.3, -0.25) is 4.40 Å². The van der Waals surface area contributed by atoms with Crippen molar-refractivity contribution < 1.29 is 13.3 Å². The van der Waals surface area contributed by atoms with Crippen LogP contribution in [0.15, 0.2) is 54.7 Å².